The fourth-order valence-electron chi connectivity index (χ4n) is 1.50. The van der Waals surface area contributed by atoms with Crippen molar-refractivity contribution in [2.45, 2.75) is 33.2 Å². The molecular weight excluding hydrogens is 266 g/mol. The number of nitrogens with zero attached hydrogens (tertiary/aromatic N) is 1. The molecule has 1 rings (SSSR count). The van der Waals surface area contributed by atoms with Gasteiger partial charge in [0, 0.05) is 12.2 Å². The molecule has 0 fully saturated rings. The van der Waals surface area contributed by atoms with E-state index in [0.717, 1.165) is 6.20 Å². The number of hydrogen-bond donors (Lipinski definition) is 2. The van der Waals surface area contributed by atoms with Gasteiger partial charge in [0.05, 0.1) is 6.61 Å². The van der Waals surface area contributed by atoms with Gasteiger partial charge in [0.25, 0.3) is 11.5 Å². The van der Waals surface area contributed by atoms with Gasteiger partial charge in [-0.1, -0.05) is 6.92 Å². The Hall–Kier alpha value is -2.38. The molecule has 0 bridgehead atoms. The van der Waals surface area contributed by atoms with Crippen LogP contribution in [0.2, 0.25) is 0 Å². The zero-order valence-corrected chi connectivity index (χ0v) is 11.6. The molecule has 0 aromatic carbocycles. The van der Waals surface area contributed by atoms with Crippen molar-refractivity contribution in [2.75, 3.05) is 6.61 Å². The van der Waals surface area contributed by atoms with Gasteiger partial charge < -0.3 is 4.74 Å². The van der Waals surface area contributed by atoms with Gasteiger partial charge in [-0.05, 0) is 20.3 Å². The molecule has 20 heavy (non-hydrogen) atoms. The van der Waals surface area contributed by atoms with E-state index in [9.17, 15) is 19.2 Å². The van der Waals surface area contributed by atoms with Crippen LogP contribution in [-0.2, 0) is 4.74 Å². The number of rotatable bonds is 4. The molecule has 2 amide bonds. The third-order valence-corrected chi connectivity index (χ3v) is 2.77. The number of hydrogen-bond acceptors (Lipinski definition) is 5. The van der Waals surface area contributed by atoms with Crippen LogP contribution in [0.15, 0.2) is 15.8 Å². The number of nitrogens with one attached hydrogen (secondary N) is 2. The second kappa shape index (κ2) is 6.69. The zero-order chi connectivity index (χ0) is 15.3. The van der Waals surface area contributed by atoms with E-state index in [0.29, 0.717) is 6.42 Å². The lowest BCUT2D eigenvalue weighted by Crippen LogP contribution is -2.39. The number of aromatic nitrogens is 2. The van der Waals surface area contributed by atoms with Crippen LogP contribution in [0.3, 0.4) is 0 Å². The van der Waals surface area contributed by atoms with Gasteiger partial charge in [-0.15, -0.1) is 0 Å². The number of alkyl carbamates (subject to hydrolysis) is 1. The standard InChI is InChI=1S/C12H17N3O5/c1-4-7(3)15-6-8(9(16)13-11(15)18)10(17)14-12(19)20-5-2/h6-7H,4-5H2,1-3H3,(H,13,16,18)(H,14,17,19). The summed E-state index contributed by atoms with van der Waals surface area (Å²) in [5.41, 5.74) is -1.77. The third kappa shape index (κ3) is 3.56. The van der Waals surface area contributed by atoms with Crippen molar-refractivity contribution in [2.24, 2.45) is 0 Å². The predicted octanol–water partition coefficient (Wildman–Crippen LogP) is 0.394. The van der Waals surface area contributed by atoms with E-state index in [1.807, 2.05) is 17.2 Å². The topological polar surface area (TPSA) is 110 Å². The largest absolute Gasteiger partial charge is 0.450 e. The van der Waals surface area contributed by atoms with Gasteiger partial charge >= 0.3 is 11.8 Å². The summed E-state index contributed by atoms with van der Waals surface area (Å²) in [5.74, 6) is -0.915. The lowest BCUT2D eigenvalue weighted by atomic mass is 10.2. The lowest BCUT2D eigenvalue weighted by Gasteiger charge is -2.13. The summed E-state index contributed by atoms with van der Waals surface area (Å²) >= 11 is 0. The molecule has 8 heteroatoms. The monoisotopic (exact) mass is 283 g/mol. The van der Waals surface area contributed by atoms with Crippen molar-refractivity contribution in [3.8, 4) is 0 Å². The predicted molar refractivity (Wildman–Crippen MR) is 70.8 cm³/mol. The molecule has 1 aromatic rings. The average molecular weight is 283 g/mol. The molecule has 1 unspecified atom stereocenters. The maximum atomic E-state index is 11.8. The smallest absolute Gasteiger partial charge is 0.414 e. The van der Waals surface area contributed by atoms with Crippen LogP contribution >= 0.6 is 0 Å². The van der Waals surface area contributed by atoms with Crippen molar-refractivity contribution in [1.82, 2.24) is 14.9 Å². The maximum Gasteiger partial charge on any atom is 0.414 e. The molecule has 1 atom stereocenters. The number of carbonyl (C=O) groups excluding carboxylic acids is 2. The Labute approximate surface area is 114 Å². The normalized spacial score (nSPS) is 11.8. The Morgan fingerprint density at radius 2 is 2.05 bits per heavy atom. The summed E-state index contributed by atoms with van der Waals surface area (Å²) in [6.45, 7) is 5.31. The van der Waals surface area contributed by atoms with Crippen molar-refractivity contribution in [3.05, 3.63) is 32.6 Å². The molecule has 1 heterocycles. The Kier molecular flexibility index (Phi) is 5.24. The molecule has 0 aliphatic carbocycles. The molecule has 0 saturated carbocycles. The molecule has 0 radical (unpaired) electrons. The van der Waals surface area contributed by atoms with E-state index in [1.54, 1.807) is 13.8 Å². The first-order valence-electron chi connectivity index (χ1n) is 6.24. The van der Waals surface area contributed by atoms with Gasteiger partial charge in [-0.25, -0.2) is 9.59 Å². The maximum absolute atomic E-state index is 11.8. The first kappa shape index (κ1) is 15.7. The lowest BCUT2D eigenvalue weighted by molar-refractivity contribution is 0.0922. The average Bonchev–Trinajstić information content (AvgIpc) is 2.38. The van der Waals surface area contributed by atoms with Gasteiger partial charge in [-0.2, -0.15) is 0 Å². The summed E-state index contributed by atoms with van der Waals surface area (Å²) in [5, 5.41) is 1.91. The van der Waals surface area contributed by atoms with Gasteiger partial charge in [0.1, 0.15) is 5.56 Å². The Balaban J connectivity index is 3.12. The second-order valence-electron chi connectivity index (χ2n) is 4.14. The summed E-state index contributed by atoms with van der Waals surface area (Å²) in [4.78, 5) is 48.2. The molecule has 8 nitrogen and oxygen atoms in total. The molecular formula is C12H17N3O5. The van der Waals surface area contributed by atoms with E-state index < -0.39 is 23.2 Å². The molecule has 2 N–H and O–H groups in total. The van der Waals surface area contributed by atoms with Crippen LogP contribution in [0, 0.1) is 0 Å². The fraction of sp³-hybridized carbons (Fsp3) is 0.500. The Bertz CT molecular complexity index is 616. The first-order chi connectivity index (χ1) is 9.40. The molecule has 0 saturated heterocycles. The van der Waals surface area contributed by atoms with Gasteiger partial charge in [0.15, 0.2) is 0 Å². The van der Waals surface area contributed by atoms with Crippen LogP contribution in [-0.4, -0.2) is 28.2 Å². The number of ether oxygens (including phenoxy) is 1. The SMILES string of the molecule is CCOC(=O)NC(=O)c1cn(C(C)CC)c(=O)[nH]c1=O. The molecule has 0 aliphatic rings. The summed E-state index contributed by atoms with van der Waals surface area (Å²) in [6.07, 6.45) is 0.840. The highest BCUT2D eigenvalue weighted by Crippen LogP contribution is 2.05. The minimum Gasteiger partial charge on any atom is -0.450 e. The third-order valence-electron chi connectivity index (χ3n) is 2.77. The highest BCUT2D eigenvalue weighted by Gasteiger charge is 2.17. The fourth-order valence-corrected chi connectivity index (χ4v) is 1.50. The van der Waals surface area contributed by atoms with Crippen molar-refractivity contribution in [3.63, 3.8) is 0 Å². The summed E-state index contributed by atoms with van der Waals surface area (Å²) in [7, 11) is 0. The van der Waals surface area contributed by atoms with Gasteiger partial charge in [0.2, 0.25) is 0 Å². The van der Waals surface area contributed by atoms with E-state index in [1.165, 1.54) is 4.57 Å². The molecule has 1 aromatic heterocycles. The molecule has 0 spiro atoms. The molecule has 0 aliphatic heterocycles. The molecule has 110 valence electrons. The van der Waals surface area contributed by atoms with Crippen molar-refractivity contribution in [1.29, 1.82) is 0 Å². The number of amides is 2. The highest BCUT2D eigenvalue weighted by atomic mass is 16.5. The number of aromatic amines is 1. The van der Waals surface area contributed by atoms with Crippen LogP contribution in [0.25, 0.3) is 0 Å². The van der Waals surface area contributed by atoms with Crippen LogP contribution in [0.4, 0.5) is 4.79 Å². The minimum atomic E-state index is -0.946. The van der Waals surface area contributed by atoms with Crippen molar-refractivity contribution >= 4 is 12.0 Å². The highest BCUT2D eigenvalue weighted by molar-refractivity contribution is 6.02. The van der Waals surface area contributed by atoms with Crippen LogP contribution in [0.1, 0.15) is 43.6 Å². The van der Waals surface area contributed by atoms with Crippen LogP contribution < -0.4 is 16.6 Å². The quantitative estimate of drug-likeness (QED) is 0.830. The van der Waals surface area contributed by atoms with E-state index in [2.05, 4.69) is 4.74 Å². The second-order valence-corrected chi connectivity index (χ2v) is 4.14. The number of imide groups is 1. The van der Waals surface area contributed by atoms with Crippen molar-refractivity contribution < 1.29 is 14.3 Å². The van der Waals surface area contributed by atoms with Gasteiger partial charge in [-0.3, -0.25) is 24.5 Å². The zero-order valence-electron chi connectivity index (χ0n) is 11.6. The summed E-state index contributed by atoms with van der Waals surface area (Å²) < 4.78 is 5.78. The minimum absolute atomic E-state index is 0.0990. The van der Waals surface area contributed by atoms with Crippen LogP contribution in [0.5, 0.6) is 0 Å². The Morgan fingerprint density at radius 3 is 2.60 bits per heavy atom. The van der Waals surface area contributed by atoms with E-state index >= 15 is 0 Å². The number of carbonyl (C=O) groups is 2. The van der Waals surface area contributed by atoms with E-state index in [-0.39, 0.29) is 18.2 Å². The summed E-state index contributed by atoms with van der Waals surface area (Å²) in [6, 6.07) is -0.187. The number of H-pyrrole nitrogens is 1. The first-order valence-corrected chi connectivity index (χ1v) is 6.24. The van der Waals surface area contributed by atoms with E-state index in [4.69, 9.17) is 0 Å². The Morgan fingerprint density at radius 1 is 1.40 bits per heavy atom.